The lowest BCUT2D eigenvalue weighted by Gasteiger charge is -2.40. The number of nitrogens with zero attached hydrogens (tertiary/aromatic N) is 2. The van der Waals surface area contributed by atoms with E-state index in [1.54, 1.807) is 0 Å². The first-order valence-electron chi connectivity index (χ1n) is 6.84. The fraction of sp³-hybridized carbons (Fsp3) is 1.00. The van der Waals surface area contributed by atoms with Crippen LogP contribution in [0.25, 0.3) is 0 Å². The molecule has 16 heavy (non-hydrogen) atoms. The third-order valence-electron chi connectivity index (χ3n) is 4.38. The normalized spacial score (nSPS) is 27.9. The molecule has 2 fully saturated rings. The molecule has 0 aromatic rings. The molecule has 2 unspecified atom stereocenters. The highest BCUT2D eigenvalue weighted by atomic mass is 15.3. The second-order valence-electron chi connectivity index (χ2n) is 5.60. The first-order valence-corrected chi connectivity index (χ1v) is 6.84. The molecule has 2 aliphatic rings. The van der Waals surface area contributed by atoms with Gasteiger partial charge in [0.25, 0.3) is 0 Å². The van der Waals surface area contributed by atoms with Crippen LogP contribution < -0.4 is 5.32 Å². The maximum absolute atomic E-state index is 3.36. The van der Waals surface area contributed by atoms with Gasteiger partial charge >= 0.3 is 0 Å². The summed E-state index contributed by atoms with van der Waals surface area (Å²) >= 11 is 0. The minimum atomic E-state index is 0.593. The summed E-state index contributed by atoms with van der Waals surface area (Å²) in [5, 5.41) is 3.36. The van der Waals surface area contributed by atoms with E-state index in [2.05, 4.69) is 36.0 Å². The molecule has 0 radical (unpaired) electrons. The van der Waals surface area contributed by atoms with Crippen molar-refractivity contribution >= 4 is 0 Å². The van der Waals surface area contributed by atoms with E-state index < -0.39 is 0 Å². The van der Waals surface area contributed by atoms with Crippen molar-refractivity contribution < 1.29 is 0 Å². The first-order chi connectivity index (χ1) is 7.70. The standard InChI is InChI=1S/C13H27N3/c1-11(14-3)12(2)16-8-6-15(7-9-16)10-13-4-5-13/h11-14H,4-10H2,1-3H3. The van der Waals surface area contributed by atoms with Gasteiger partial charge in [-0.1, -0.05) is 0 Å². The predicted octanol–water partition coefficient (Wildman–Crippen LogP) is 1.01. The van der Waals surface area contributed by atoms with Crippen molar-refractivity contribution in [2.45, 2.75) is 38.8 Å². The topological polar surface area (TPSA) is 18.5 Å². The van der Waals surface area contributed by atoms with Crippen LogP contribution in [0.2, 0.25) is 0 Å². The summed E-state index contributed by atoms with van der Waals surface area (Å²) in [4.78, 5) is 5.29. The Morgan fingerprint density at radius 2 is 1.75 bits per heavy atom. The summed E-state index contributed by atoms with van der Waals surface area (Å²) in [6.07, 6.45) is 2.96. The van der Waals surface area contributed by atoms with Gasteiger partial charge in [0.05, 0.1) is 0 Å². The molecule has 1 aliphatic carbocycles. The Labute approximate surface area is 100 Å². The number of likely N-dealkylation sites (N-methyl/N-ethyl adjacent to an activating group) is 1. The maximum atomic E-state index is 3.36. The molecule has 0 amide bonds. The van der Waals surface area contributed by atoms with Crippen LogP contribution >= 0.6 is 0 Å². The van der Waals surface area contributed by atoms with Gasteiger partial charge < -0.3 is 10.2 Å². The maximum Gasteiger partial charge on any atom is 0.0219 e. The summed E-state index contributed by atoms with van der Waals surface area (Å²) < 4.78 is 0. The van der Waals surface area contributed by atoms with Crippen molar-refractivity contribution in [2.75, 3.05) is 39.8 Å². The largest absolute Gasteiger partial charge is 0.316 e. The van der Waals surface area contributed by atoms with Crippen molar-refractivity contribution in [3.63, 3.8) is 0 Å². The number of hydrogen-bond acceptors (Lipinski definition) is 3. The summed E-state index contributed by atoms with van der Waals surface area (Å²) in [5.74, 6) is 1.04. The summed E-state index contributed by atoms with van der Waals surface area (Å²) in [6, 6.07) is 1.25. The molecular weight excluding hydrogens is 198 g/mol. The minimum absolute atomic E-state index is 0.593. The van der Waals surface area contributed by atoms with E-state index in [1.165, 1.54) is 45.6 Å². The van der Waals surface area contributed by atoms with E-state index in [0.717, 1.165) is 5.92 Å². The van der Waals surface area contributed by atoms with E-state index in [1.807, 2.05) is 0 Å². The molecule has 1 N–H and O–H groups in total. The predicted molar refractivity (Wildman–Crippen MR) is 68.7 cm³/mol. The molecule has 2 atom stereocenters. The fourth-order valence-electron chi connectivity index (χ4n) is 2.58. The zero-order valence-corrected chi connectivity index (χ0v) is 11.1. The third-order valence-corrected chi connectivity index (χ3v) is 4.38. The van der Waals surface area contributed by atoms with Gasteiger partial charge in [0, 0.05) is 44.8 Å². The molecule has 3 nitrogen and oxygen atoms in total. The molecule has 1 saturated carbocycles. The zero-order chi connectivity index (χ0) is 11.5. The Morgan fingerprint density at radius 3 is 2.25 bits per heavy atom. The Kier molecular flexibility index (Phi) is 4.22. The van der Waals surface area contributed by atoms with Crippen LogP contribution in [-0.2, 0) is 0 Å². The Bertz CT molecular complexity index is 207. The quantitative estimate of drug-likeness (QED) is 0.753. The molecule has 3 heteroatoms. The SMILES string of the molecule is CNC(C)C(C)N1CCN(CC2CC2)CC1. The molecule has 0 aromatic carbocycles. The molecule has 2 rings (SSSR count). The highest BCUT2D eigenvalue weighted by Crippen LogP contribution is 2.30. The van der Waals surface area contributed by atoms with Crippen molar-refractivity contribution in [1.82, 2.24) is 15.1 Å². The molecular formula is C13H27N3. The van der Waals surface area contributed by atoms with E-state index in [-0.39, 0.29) is 0 Å². The summed E-state index contributed by atoms with van der Waals surface area (Å²) in [6.45, 7) is 11.0. The first kappa shape index (κ1) is 12.3. The highest BCUT2D eigenvalue weighted by Gasteiger charge is 2.28. The van der Waals surface area contributed by atoms with Gasteiger partial charge in [0.1, 0.15) is 0 Å². The smallest absolute Gasteiger partial charge is 0.0219 e. The van der Waals surface area contributed by atoms with Crippen molar-refractivity contribution in [2.24, 2.45) is 5.92 Å². The molecule has 0 aromatic heterocycles. The van der Waals surface area contributed by atoms with Crippen molar-refractivity contribution in [1.29, 1.82) is 0 Å². The van der Waals surface area contributed by atoms with Gasteiger partial charge in [-0.25, -0.2) is 0 Å². The van der Waals surface area contributed by atoms with Crippen LogP contribution in [0.1, 0.15) is 26.7 Å². The van der Waals surface area contributed by atoms with Gasteiger partial charge in [-0.3, -0.25) is 4.90 Å². The molecule has 1 saturated heterocycles. The van der Waals surface area contributed by atoms with Crippen LogP contribution in [0.5, 0.6) is 0 Å². The lowest BCUT2D eigenvalue weighted by atomic mass is 10.1. The molecule has 0 spiro atoms. The Morgan fingerprint density at radius 1 is 1.12 bits per heavy atom. The Hall–Kier alpha value is -0.120. The molecule has 0 bridgehead atoms. The summed E-state index contributed by atoms with van der Waals surface area (Å²) in [5.41, 5.74) is 0. The van der Waals surface area contributed by atoms with Gasteiger partial charge in [0.15, 0.2) is 0 Å². The molecule has 1 heterocycles. The van der Waals surface area contributed by atoms with Crippen molar-refractivity contribution in [3.8, 4) is 0 Å². The van der Waals surface area contributed by atoms with Gasteiger partial charge in [-0.2, -0.15) is 0 Å². The van der Waals surface area contributed by atoms with Gasteiger partial charge in [0.2, 0.25) is 0 Å². The van der Waals surface area contributed by atoms with Crippen LogP contribution in [-0.4, -0.2) is 61.7 Å². The van der Waals surface area contributed by atoms with E-state index in [0.29, 0.717) is 12.1 Å². The number of nitrogens with one attached hydrogen (secondary N) is 1. The highest BCUT2D eigenvalue weighted by molar-refractivity contribution is 4.84. The fourth-order valence-corrected chi connectivity index (χ4v) is 2.58. The van der Waals surface area contributed by atoms with Crippen LogP contribution in [0.4, 0.5) is 0 Å². The average molecular weight is 225 g/mol. The van der Waals surface area contributed by atoms with Gasteiger partial charge in [-0.15, -0.1) is 0 Å². The second kappa shape index (κ2) is 5.48. The zero-order valence-electron chi connectivity index (χ0n) is 11.1. The monoisotopic (exact) mass is 225 g/mol. The number of rotatable bonds is 5. The van der Waals surface area contributed by atoms with Crippen molar-refractivity contribution in [3.05, 3.63) is 0 Å². The molecule has 94 valence electrons. The lowest BCUT2D eigenvalue weighted by Crippen LogP contribution is -2.54. The average Bonchev–Trinajstić information content (AvgIpc) is 3.12. The minimum Gasteiger partial charge on any atom is -0.316 e. The molecule has 1 aliphatic heterocycles. The lowest BCUT2D eigenvalue weighted by molar-refractivity contribution is 0.0872. The van der Waals surface area contributed by atoms with Crippen LogP contribution in [0.3, 0.4) is 0 Å². The van der Waals surface area contributed by atoms with Crippen LogP contribution in [0, 0.1) is 5.92 Å². The van der Waals surface area contributed by atoms with E-state index >= 15 is 0 Å². The second-order valence-corrected chi connectivity index (χ2v) is 5.60. The third kappa shape index (κ3) is 3.19. The van der Waals surface area contributed by atoms with Gasteiger partial charge in [-0.05, 0) is 39.7 Å². The van der Waals surface area contributed by atoms with E-state index in [4.69, 9.17) is 0 Å². The number of piperazine rings is 1. The number of hydrogen-bond donors (Lipinski definition) is 1. The summed E-state index contributed by atoms with van der Waals surface area (Å²) in [7, 11) is 2.06. The van der Waals surface area contributed by atoms with Crippen LogP contribution in [0.15, 0.2) is 0 Å². The Balaban J connectivity index is 1.71. The van der Waals surface area contributed by atoms with E-state index in [9.17, 15) is 0 Å².